The van der Waals surface area contributed by atoms with Gasteiger partial charge in [-0.15, -0.1) is 0 Å². The third-order valence-corrected chi connectivity index (χ3v) is 20.9. The fraction of sp³-hybridized carbons (Fsp3) is 0.588. The van der Waals surface area contributed by atoms with E-state index in [0.717, 1.165) is 28.8 Å². The summed E-state index contributed by atoms with van der Waals surface area (Å²) in [6, 6.07) is 14.0. The monoisotopic (exact) mass is 1630 g/mol. The van der Waals surface area contributed by atoms with Crippen molar-refractivity contribution in [3.05, 3.63) is 113 Å². The summed E-state index contributed by atoms with van der Waals surface area (Å²) in [5, 5.41) is 29.0. The van der Waals surface area contributed by atoms with Gasteiger partial charge in [0.05, 0.1) is 77.7 Å². The van der Waals surface area contributed by atoms with Crippen LogP contribution in [-0.4, -0.2) is 236 Å². The molecular weight excluding hydrogens is 1510 g/mol. The first kappa shape index (κ1) is 95.6. The predicted octanol–water partition coefficient (Wildman–Crippen LogP) is 6.17. The van der Waals surface area contributed by atoms with E-state index in [1.165, 1.54) is 25.2 Å². The van der Waals surface area contributed by atoms with Gasteiger partial charge in [-0.2, -0.15) is 29.0 Å². The molecule has 32 nitrogen and oxygen atoms in total. The molecule has 0 saturated carbocycles. The Morgan fingerprint density at radius 2 is 1.38 bits per heavy atom. The number of urea groups is 1. The number of methoxy groups -OCH3 is 2. The van der Waals surface area contributed by atoms with Crippen LogP contribution in [0.4, 0.5) is 15.3 Å². The van der Waals surface area contributed by atoms with Gasteiger partial charge in [-0.25, -0.2) is 25.0 Å². The molecule has 0 radical (unpaired) electrons. The Hall–Kier alpha value is -9.03. The summed E-state index contributed by atoms with van der Waals surface area (Å²) in [6.07, 6.45) is 4.01. The van der Waals surface area contributed by atoms with Crippen molar-refractivity contribution in [2.75, 3.05) is 86.0 Å². The van der Waals surface area contributed by atoms with E-state index in [1.54, 1.807) is 118 Å². The number of amides is 12. The second-order valence-electron chi connectivity index (χ2n) is 29.7. The summed E-state index contributed by atoms with van der Waals surface area (Å²) < 4.78 is 23.5. The van der Waals surface area contributed by atoms with Crippen molar-refractivity contribution >= 4 is 106 Å². The highest BCUT2D eigenvalue weighted by Crippen LogP contribution is 2.32. The number of benzene rings is 3. The molecule has 12 N–H and O–H groups in total. The van der Waals surface area contributed by atoms with E-state index in [9.17, 15) is 53.2 Å². The minimum absolute atomic E-state index is 0.0297. The van der Waals surface area contributed by atoms with Crippen LogP contribution in [0.25, 0.3) is 11.0 Å². The minimum Gasteiger partial charge on any atom is -0.443 e. The van der Waals surface area contributed by atoms with Crippen LogP contribution in [-0.2, 0) is 86.7 Å². The number of fused-ring (bicyclic) bond motifs is 1. The second kappa shape index (κ2) is 49.0. The van der Waals surface area contributed by atoms with Gasteiger partial charge in [-0.05, 0) is 117 Å². The zero-order valence-corrected chi connectivity index (χ0v) is 70.3. The minimum atomic E-state index is -1.15. The summed E-state index contributed by atoms with van der Waals surface area (Å²) in [5.74, 6) is -4.97. The lowest BCUT2D eigenvalue weighted by Gasteiger charge is -2.41. The van der Waals surface area contributed by atoms with Crippen LogP contribution in [0.3, 0.4) is 0 Å². The zero-order valence-electron chi connectivity index (χ0n) is 68.7. The number of nitrogens with one attached hydrogen (secondary N) is 9. The molecule has 0 spiro atoms. The molecule has 12 amide bonds. The highest BCUT2D eigenvalue weighted by molar-refractivity contribution is 7.98. The number of thioether (sulfide) groups is 2. The van der Waals surface area contributed by atoms with E-state index in [0.29, 0.717) is 53.0 Å². The summed E-state index contributed by atoms with van der Waals surface area (Å²) in [6.45, 7) is 16.9. The Morgan fingerprint density at radius 3 is 1.97 bits per heavy atom. The number of ether oxygens (including phenoxy) is 4. The Balaban J connectivity index is 1.23. The van der Waals surface area contributed by atoms with Gasteiger partial charge in [0, 0.05) is 89.2 Å². The number of nitrogens with two attached hydrogens (primary N) is 1. The maximum atomic E-state index is 15.2. The van der Waals surface area contributed by atoms with Crippen LogP contribution >= 0.6 is 23.5 Å². The molecule has 1 saturated heterocycles. The molecular formula is C80H121N15O17S2. The fourth-order valence-electron chi connectivity index (χ4n) is 13.6. The average Bonchev–Trinajstić information content (AvgIpc) is 1.40. The molecule has 12 atom stereocenters. The largest absolute Gasteiger partial charge is 0.443 e. The van der Waals surface area contributed by atoms with Crippen molar-refractivity contribution in [1.29, 1.82) is 0 Å². The SMILES string of the molecule is CC[C@H](C)[C@@H]([C@@H](CC(=O)N1C[C@H](ONC(=O)OCc2ccc(NC(=O)[C@@H](CCCNC(N)=O)NC(=O)[C@H](NC(=O)CCOCCCNC(=O)c3ccc4nc(CSC)c(CSC)nc4c3)C(C)C)cc2)C[C@H]1[C@H](OC)[C@@H](C)C(=O)N[C@H](/C=C/C(=O)NO)Cc1ccccc1)OC)N(C)C(=O)[C@@H](NC(=O)[C@H](C(C)C)N(C)C)C(C)C. The number of carbonyl (C=O) groups excluding carboxylic acids is 11. The molecule has 1 aliphatic rings. The molecule has 4 aromatic rings. The van der Waals surface area contributed by atoms with Crippen LogP contribution in [0.5, 0.6) is 0 Å². The number of hydrogen-bond donors (Lipinski definition) is 11. The summed E-state index contributed by atoms with van der Waals surface area (Å²) in [4.78, 5) is 170. The van der Waals surface area contributed by atoms with E-state index in [-0.39, 0.29) is 107 Å². The molecule has 1 aromatic heterocycles. The zero-order chi connectivity index (χ0) is 84.3. The number of anilines is 1. The van der Waals surface area contributed by atoms with Crippen LogP contribution in [0.1, 0.15) is 140 Å². The molecule has 2 heterocycles. The van der Waals surface area contributed by atoms with Gasteiger partial charge in [0.25, 0.3) is 11.8 Å². The van der Waals surface area contributed by atoms with E-state index in [1.807, 2.05) is 89.3 Å². The third kappa shape index (κ3) is 30.3. The summed E-state index contributed by atoms with van der Waals surface area (Å²) in [5.41, 5.74) is 14.5. The van der Waals surface area contributed by atoms with Crippen LogP contribution < -0.4 is 53.9 Å². The van der Waals surface area contributed by atoms with Crippen molar-refractivity contribution in [3.63, 3.8) is 0 Å². The van der Waals surface area contributed by atoms with E-state index < -0.39 is 120 Å². The van der Waals surface area contributed by atoms with Gasteiger partial charge >= 0.3 is 12.1 Å². The Labute approximate surface area is 678 Å². The van der Waals surface area contributed by atoms with Crippen molar-refractivity contribution in [1.82, 2.24) is 67.5 Å². The maximum absolute atomic E-state index is 15.2. The van der Waals surface area contributed by atoms with Crippen molar-refractivity contribution in [3.8, 4) is 0 Å². The summed E-state index contributed by atoms with van der Waals surface area (Å²) >= 11 is 3.32. The molecule has 114 heavy (non-hydrogen) atoms. The third-order valence-electron chi connectivity index (χ3n) is 19.8. The van der Waals surface area contributed by atoms with Gasteiger partial charge in [0.15, 0.2) is 0 Å². The molecule has 630 valence electrons. The Bertz CT molecular complexity index is 3820. The molecule has 0 aliphatic carbocycles. The first-order valence-electron chi connectivity index (χ1n) is 38.6. The van der Waals surface area contributed by atoms with Crippen molar-refractivity contribution in [2.45, 2.75) is 192 Å². The normalized spacial score (nSPS) is 16.2. The number of likely N-dealkylation sites (tertiary alicyclic amines) is 1. The van der Waals surface area contributed by atoms with Crippen molar-refractivity contribution in [2.24, 2.45) is 35.3 Å². The van der Waals surface area contributed by atoms with Crippen molar-refractivity contribution < 1.29 is 81.7 Å². The van der Waals surface area contributed by atoms with Crippen LogP contribution in [0, 0.1) is 29.6 Å². The topological polar surface area (TPSA) is 424 Å². The van der Waals surface area contributed by atoms with Crippen LogP contribution in [0.2, 0.25) is 0 Å². The molecule has 5 rings (SSSR count). The highest BCUT2D eigenvalue weighted by Gasteiger charge is 2.47. The predicted molar refractivity (Wildman–Crippen MR) is 437 cm³/mol. The Kier molecular flexibility index (Phi) is 41.1. The molecule has 1 aliphatic heterocycles. The number of hydroxylamine groups is 2. The molecule has 34 heteroatoms. The maximum Gasteiger partial charge on any atom is 0.431 e. The lowest BCUT2D eigenvalue weighted by molar-refractivity contribution is -0.148. The van der Waals surface area contributed by atoms with E-state index in [2.05, 4.69) is 42.7 Å². The number of likely N-dealkylation sites (N-methyl/N-ethyl adjacent to an activating group) is 2. The van der Waals surface area contributed by atoms with Gasteiger partial charge in [-0.3, -0.25) is 58.1 Å². The highest BCUT2D eigenvalue weighted by atomic mass is 32.2. The lowest BCUT2D eigenvalue weighted by atomic mass is 9.89. The molecule has 3 aromatic carbocycles. The average molecular weight is 1630 g/mol. The Morgan fingerprint density at radius 1 is 0.719 bits per heavy atom. The number of nitrogens with zero attached hydrogens (tertiary/aromatic N) is 5. The van der Waals surface area contributed by atoms with Gasteiger partial charge in [-0.1, -0.05) is 117 Å². The smallest absolute Gasteiger partial charge is 0.431 e. The number of rotatable bonds is 48. The quantitative estimate of drug-likeness (QED) is 0.0102. The fourth-order valence-corrected chi connectivity index (χ4v) is 14.6. The first-order valence-corrected chi connectivity index (χ1v) is 41.4. The summed E-state index contributed by atoms with van der Waals surface area (Å²) in [7, 11) is 8.11. The number of aromatic nitrogens is 2. The standard InChI is InChI=1S/C80H121N15O17S2/c1-17-50(8)71(94(12)78(104)69(48(4)5)90-77(103)70(49(6)7)93(10)11)64(108-13)42-67(98)95-43-57(41-63(95)72(109-14)51(9)73(99)85-56(31-33-66(97)91-107)39-52-23-19-18-20-24-52)112-92-80(106)111-44-53-26-29-55(30-27-53)84-75(101)59(25-21-35-83-79(81)105)88-76(102)68(47(2)3)89-65(96)34-38-110-37-22-36-82-74(100)54-28-32-58-60(40-54)87-62(46-114-16)61(86-58)45-113-15/h18-20,23-24,26-33,40,47-51,56-57,59,63-64,68-72,107H,17,21-22,25,34-39,41-46H2,1-16H3,(H,82,100)(H,84,101)(H,85,99)(H,88,102)(H,89,96)(H,90,103)(H,91,97)(H,92,106)(H3,81,83,105)/b33-31+/t50-,51+,56+,57+,59+,63-,64+,68+,69-,70-,71-,72+/m0/s1. The van der Waals surface area contributed by atoms with Gasteiger partial charge in [0.2, 0.25) is 41.4 Å². The van der Waals surface area contributed by atoms with Gasteiger partial charge < -0.3 is 71.7 Å². The number of carbonyl (C=O) groups is 11. The van der Waals surface area contributed by atoms with E-state index in [4.69, 9.17) is 39.5 Å². The van der Waals surface area contributed by atoms with Gasteiger partial charge in [0.1, 0.15) is 30.8 Å². The molecule has 0 unspecified atom stereocenters. The second-order valence-corrected chi connectivity index (χ2v) is 31.4. The number of hydrogen-bond acceptors (Lipinski definition) is 22. The first-order chi connectivity index (χ1) is 54.3. The lowest BCUT2D eigenvalue weighted by Crippen LogP contribution is -2.59. The van der Waals surface area contributed by atoms with Crippen LogP contribution in [0.15, 0.2) is 84.9 Å². The van der Waals surface area contributed by atoms with E-state index >= 15 is 4.79 Å². The molecule has 0 bridgehead atoms. The number of primary amides is 1. The molecule has 1 fully saturated rings.